The monoisotopic (exact) mass is 344 g/mol. The molecule has 2 rings (SSSR count). The second-order valence-corrected chi connectivity index (χ2v) is 5.00. The molecule has 1 aromatic heterocycles. The van der Waals surface area contributed by atoms with Gasteiger partial charge in [-0.05, 0) is 12.1 Å². The number of alkyl halides is 1. The van der Waals surface area contributed by atoms with Crippen LogP contribution in [-0.4, -0.2) is 16.9 Å². The van der Waals surface area contributed by atoms with Gasteiger partial charge in [0.2, 0.25) is 0 Å². The molecule has 4 nitrogen and oxygen atoms in total. The van der Waals surface area contributed by atoms with Crippen LogP contribution in [0.15, 0.2) is 24.4 Å². The average Bonchev–Trinajstić information content (AvgIpc) is 2.81. The van der Waals surface area contributed by atoms with Crippen LogP contribution in [0.25, 0.3) is 0 Å². The molecule has 2 aromatic rings. The number of benzene rings is 1. The zero-order valence-corrected chi connectivity index (χ0v) is 13.0. The molecular formula is C13H14BrClN2O2. The Morgan fingerprint density at radius 3 is 2.79 bits per heavy atom. The fraction of sp³-hybridized carbons (Fsp3) is 0.308. The van der Waals surface area contributed by atoms with Gasteiger partial charge in [0.05, 0.1) is 12.8 Å². The third kappa shape index (κ3) is 3.42. The number of halogens is 2. The van der Waals surface area contributed by atoms with Crippen molar-refractivity contribution in [3.8, 4) is 11.5 Å². The highest BCUT2D eigenvalue weighted by atomic mass is 79.9. The van der Waals surface area contributed by atoms with Crippen LogP contribution < -0.4 is 9.47 Å². The van der Waals surface area contributed by atoms with Gasteiger partial charge in [-0.15, -0.1) is 0 Å². The van der Waals surface area contributed by atoms with Gasteiger partial charge in [-0.1, -0.05) is 27.5 Å². The van der Waals surface area contributed by atoms with Crippen molar-refractivity contribution in [2.45, 2.75) is 11.9 Å². The molecule has 0 saturated carbocycles. The van der Waals surface area contributed by atoms with Gasteiger partial charge in [0.1, 0.15) is 6.61 Å². The zero-order chi connectivity index (χ0) is 13.8. The summed E-state index contributed by atoms with van der Waals surface area (Å²) in [4.78, 5) is 0. The molecule has 0 aliphatic carbocycles. The summed E-state index contributed by atoms with van der Waals surface area (Å²) < 4.78 is 12.9. The Labute approximate surface area is 125 Å². The minimum Gasteiger partial charge on any atom is -0.493 e. The van der Waals surface area contributed by atoms with E-state index in [1.54, 1.807) is 17.9 Å². The average molecular weight is 346 g/mol. The predicted molar refractivity (Wildman–Crippen MR) is 78.2 cm³/mol. The first kappa shape index (κ1) is 14.2. The minimum atomic E-state index is 0.388. The van der Waals surface area contributed by atoms with Gasteiger partial charge < -0.3 is 9.47 Å². The lowest BCUT2D eigenvalue weighted by atomic mass is 10.2. The molecule has 0 N–H and O–H groups in total. The van der Waals surface area contributed by atoms with E-state index < -0.39 is 0 Å². The molecule has 102 valence electrons. The SMILES string of the molecule is COc1cc(Cl)cc(CBr)c1OCc1ccn(C)n1. The van der Waals surface area contributed by atoms with Gasteiger partial charge in [-0.25, -0.2) is 0 Å². The lowest BCUT2D eigenvalue weighted by molar-refractivity contribution is 0.277. The Morgan fingerprint density at radius 2 is 2.21 bits per heavy atom. The van der Waals surface area contributed by atoms with Crippen LogP contribution in [0.5, 0.6) is 11.5 Å². The van der Waals surface area contributed by atoms with Crippen molar-refractivity contribution in [3.05, 3.63) is 40.7 Å². The number of aryl methyl sites for hydroxylation is 1. The van der Waals surface area contributed by atoms with Gasteiger partial charge in [-0.2, -0.15) is 5.10 Å². The van der Waals surface area contributed by atoms with Gasteiger partial charge in [0.25, 0.3) is 0 Å². The molecule has 0 aliphatic rings. The highest BCUT2D eigenvalue weighted by molar-refractivity contribution is 9.08. The fourth-order valence-electron chi connectivity index (χ4n) is 1.72. The number of nitrogens with zero attached hydrogens (tertiary/aromatic N) is 2. The van der Waals surface area contributed by atoms with E-state index in [1.165, 1.54) is 0 Å². The van der Waals surface area contributed by atoms with E-state index in [0.717, 1.165) is 11.3 Å². The number of aromatic nitrogens is 2. The van der Waals surface area contributed by atoms with Crippen molar-refractivity contribution in [3.63, 3.8) is 0 Å². The Hall–Kier alpha value is -1.20. The molecule has 0 fully saturated rings. The molecular weight excluding hydrogens is 332 g/mol. The lowest BCUT2D eigenvalue weighted by Crippen LogP contribution is -2.02. The third-order valence-corrected chi connectivity index (χ3v) is 3.42. The maximum absolute atomic E-state index is 6.03. The molecule has 1 aromatic carbocycles. The maximum Gasteiger partial charge on any atom is 0.165 e. The Bertz CT molecular complexity index is 547. The predicted octanol–water partition coefficient (Wildman–Crippen LogP) is 3.56. The summed E-state index contributed by atoms with van der Waals surface area (Å²) >= 11 is 9.45. The summed E-state index contributed by atoms with van der Waals surface area (Å²) in [7, 11) is 3.47. The molecule has 0 saturated heterocycles. The van der Waals surface area contributed by atoms with Crippen molar-refractivity contribution in [2.75, 3.05) is 7.11 Å². The van der Waals surface area contributed by atoms with Crippen LogP contribution in [0.3, 0.4) is 0 Å². The van der Waals surface area contributed by atoms with Crippen molar-refractivity contribution in [2.24, 2.45) is 7.05 Å². The molecule has 0 atom stereocenters. The number of hydrogen-bond acceptors (Lipinski definition) is 3. The van der Waals surface area contributed by atoms with Crippen molar-refractivity contribution in [1.82, 2.24) is 9.78 Å². The van der Waals surface area contributed by atoms with E-state index in [2.05, 4.69) is 21.0 Å². The number of rotatable bonds is 5. The summed E-state index contributed by atoms with van der Waals surface area (Å²) in [5.74, 6) is 1.31. The van der Waals surface area contributed by atoms with Crippen LogP contribution in [-0.2, 0) is 19.0 Å². The van der Waals surface area contributed by atoms with E-state index in [0.29, 0.717) is 28.5 Å². The fourth-order valence-corrected chi connectivity index (χ4v) is 2.37. The molecule has 0 unspecified atom stereocenters. The smallest absolute Gasteiger partial charge is 0.165 e. The number of hydrogen-bond donors (Lipinski definition) is 0. The van der Waals surface area contributed by atoms with Crippen LogP contribution in [0.4, 0.5) is 0 Å². The summed E-state index contributed by atoms with van der Waals surface area (Å²) in [5.41, 5.74) is 1.81. The second kappa shape index (κ2) is 6.30. The van der Waals surface area contributed by atoms with E-state index in [-0.39, 0.29) is 0 Å². The molecule has 0 radical (unpaired) electrons. The van der Waals surface area contributed by atoms with E-state index in [9.17, 15) is 0 Å². The van der Waals surface area contributed by atoms with Gasteiger partial charge in [-0.3, -0.25) is 4.68 Å². The van der Waals surface area contributed by atoms with Crippen LogP contribution in [0.1, 0.15) is 11.3 Å². The standard InChI is InChI=1S/C13H14BrClN2O2/c1-17-4-3-11(16-17)8-19-13-9(7-14)5-10(15)6-12(13)18-2/h3-6H,7-8H2,1-2H3. The zero-order valence-electron chi connectivity index (χ0n) is 10.7. The van der Waals surface area contributed by atoms with Gasteiger partial charge in [0, 0.05) is 35.2 Å². The van der Waals surface area contributed by atoms with Crippen molar-refractivity contribution in [1.29, 1.82) is 0 Å². The number of methoxy groups -OCH3 is 1. The van der Waals surface area contributed by atoms with E-state index >= 15 is 0 Å². The molecule has 1 heterocycles. The number of ether oxygens (including phenoxy) is 2. The van der Waals surface area contributed by atoms with E-state index in [4.69, 9.17) is 21.1 Å². The van der Waals surface area contributed by atoms with Crippen LogP contribution in [0.2, 0.25) is 5.02 Å². The Balaban J connectivity index is 2.23. The first-order valence-electron chi connectivity index (χ1n) is 5.67. The van der Waals surface area contributed by atoms with Crippen molar-refractivity contribution >= 4 is 27.5 Å². The highest BCUT2D eigenvalue weighted by Crippen LogP contribution is 2.36. The Kier molecular flexibility index (Phi) is 4.71. The molecule has 0 aliphatic heterocycles. The molecule has 0 bridgehead atoms. The van der Waals surface area contributed by atoms with Gasteiger partial charge >= 0.3 is 0 Å². The van der Waals surface area contributed by atoms with Crippen LogP contribution in [0, 0.1) is 0 Å². The molecule has 6 heteroatoms. The first-order chi connectivity index (χ1) is 9.13. The van der Waals surface area contributed by atoms with Gasteiger partial charge in [0.15, 0.2) is 11.5 Å². The molecule has 19 heavy (non-hydrogen) atoms. The second-order valence-electron chi connectivity index (χ2n) is 4.00. The topological polar surface area (TPSA) is 36.3 Å². The third-order valence-electron chi connectivity index (χ3n) is 2.59. The summed E-state index contributed by atoms with van der Waals surface area (Å²) in [5, 5.41) is 5.53. The van der Waals surface area contributed by atoms with E-state index in [1.807, 2.05) is 25.4 Å². The Morgan fingerprint density at radius 1 is 1.42 bits per heavy atom. The summed E-state index contributed by atoms with van der Waals surface area (Å²) in [6, 6.07) is 5.50. The molecule has 0 amide bonds. The highest BCUT2D eigenvalue weighted by Gasteiger charge is 2.12. The largest absolute Gasteiger partial charge is 0.493 e. The summed E-state index contributed by atoms with van der Waals surface area (Å²) in [6.07, 6.45) is 1.88. The maximum atomic E-state index is 6.03. The first-order valence-corrected chi connectivity index (χ1v) is 7.17. The van der Waals surface area contributed by atoms with Crippen LogP contribution >= 0.6 is 27.5 Å². The minimum absolute atomic E-state index is 0.388. The normalized spacial score (nSPS) is 10.5. The van der Waals surface area contributed by atoms with Crippen molar-refractivity contribution < 1.29 is 9.47 Å². The lowest BCUT2D eigenvalue weighted by Gasteiger charge is -2.14. The molecule has 0 spiro atoms. The quantitative estimate of drug-likeness (QED) is 0.778. The summed E-state index contributed by atoms with van der Waals surface area (Å²) in [6.45, 7) is 0.388.